The molecule has 0 radical (unpaired) electrons. The number of benzene rings is 2. The zero-order chi connectivity index (χ0) is 20.0. The lowest BCUT2D eigenvalue weighted by Gasteiger charge is -2.16. The molecule has 2 aromatic carbocycles. The molecule has 5 nitrogen and oxygen atoms in total. The van der Waals surface area contributed by atoms with Gasteiger partial charge in [0.2, 0.25) is 5.91 Å². The molecule has 0 atom stereocenters. The van der Waals surface area contributed by atoms with Gasteiger partial charge in [-0.15, -0.1) is 0 Å². The number of nitrogens with one attached hydrogen (secondary N) is 1. The van der Waals surface area contributed by atoms with Gasteiger partial charge in [-0.25, -0.2) is 8.42 Å². The largest absolute Gasteiger partial charge is 0.495 e. The number of hydrogen-bond acceptors (Lipinski definition) is 4. The van der Waals surface area contributed by atoms with Crippen molar-refractivity contribution in [3.63, 3.8) is 0 Å². The third-order valence-corrected chi connectivity index (χ3v) is 7.39. The summed E-state index contributed by atoms with van der Waals surface area (Å²) in [4.78, 5) is 12.6. The Morgan fingerprint density at radius 2 is 1.74 bits per heavy atom. The molecule has 7 heteroatoms. The highest BCUT2D eigenvalue weighted by Gasteiger charge is 2.25. The fourth-order valence-corrected chi connectivity index (χ4v) is 4.93. The van der Waals surface area contributed by atoms with Crippen molar-refractivity contribution >= 4 is 37.4 Å². The molecule has 0 fully saturated rings. The van der Waals surface area contributed by atoms with Gasteiger partial charge in [-0.1, -0.05) is 41.9 Å². The van der Waals surface area contributed by atoms with Crippen molar-refractivity contribution in [2.45, 2.75) is 43.3 Å². The zero-order valence-corrected chi connectivity index (χ0v) is 18.1. The van der Waals surface area contributed by atoms with E-state index in [1.165, 1.54) is 19.2 Å². The summed E-state index contributed by atoms with van der Waals surface area (Å²) in [7, 11) is -1.98. The third-order valence-electron chi connectivity index (χ3n) is 4.40. The van der Waals surface area contributed by atoms with Crippen molar-refractivity contribution in [1.82, 2.24) is 0 Å². The summed E-state index contributed by atoms with van der Waals surface area (Å²) in [5, 5.41) is 2.32. The molecule has 0 aromatic heterocycles. The van der Waals surface area contributed by atoms with E-state index in [0.29, 0.717) is 24.3 Å². The fourth-order valence-electron chi connectivity index (χ4n) is 2.86. The van der Waals surface area contributed by atoms with Gasteiger partial charge in [0, 0.05) is 4.47 Å². The van der Waals surface area contributed by atoms with Crippen molar-refractivity contribution in [2.24, 2.45) is 0 Å². The lowest BCUT2D eigenvalue weighted by atomic mass is 10.1. The third kappa shape index (κ3) is 5.32. The molecule has 0 saturated carbocycles. The van der Waals surface area contributed by atoms with E-state index in [1.54, 1.807) is 6.07 Å². The van der Waals surface area contributed by atoms with Crippen LogP contribution in [0.2, 0.25) is 0 Å². The Morgan fingerprint density at radius 3 is 2.30 bits per heavy atom. The SMILES string of the molecule is CCC(CC)S(=O)(=O)c1ccc(OC)c(NC(=O)Cc2ccc(Br)cc2)c1. The molecule has 0 aliphatic heterocycles. The zero-order valence-electron chi connectivity index (χ0n) is 15.7. The molecule has 0 aliphatic carbocycles. The lowest BCUT2D eigenvalue weighted by Crippen LogP contribution is -2.20. The average Bonchev–Trinajstić information content (AvgIpc) is 2.64. The average molecular weight is 454 g/mol. The van der Waals surface area contributed by atoms with Crippen LogP contribution in [0.15, 0.2) is 51.8 Å². The topological polar surface area (TPSA) is 72.5 Å². The second-order valence-electron chi connectivity index (χ2n) is 6.20. The van der Waals surface area contributed by atoms with Gasteiger partial charge >= 0.3 is 0 Å². The van der Waals surface area contributed by atoms with Crippen LogP contribution in [0.3, 0.4) is 0 Å². The summed E-state index contributed by atoms with van der Waals surface area (Å²) >= 11 is 3.36. The maximum atomic E-state index is 12.8. The monoisotopic (exact) mass is 453 g/mol. The Labute approximate surface area is 169 Å². The molecule has 1 N–H and O–H groups in total. The lowest BCUT2D eigenvalue weighted by molar-refractivity contribution is -0.115. The van der Waals surface area contributed by atoms with Gasteiger partial charge in [0.05, 0.1) is 29.4 Å². The number of amides is 1. The summed E-state index contributed by atoms with van der Waals surface area (Å²) in [6.07, 6.45) is 1.26. The molecule has 0 aliphatic rings. The Kier molecular flexibility index (Phi) is 7.44. The van der Waals surface area contributed by atoms with Crippen LogP contribution in [0.4, 0.5) is 5.69 Å². The first-order valence-electron chi connectivity index (χ1n) is 8.78. The number of hydrogen-bond donors (Lipinski definition) is 1. The van der Waals surface area contributed by atoms with Crippen molar-refractivity contribution in [2.75, 3.05) is 12.4 Å². The summed E-state index contributed by atoms with van der Waals surface area (Å²) in [6, 6.07) is 12.0. The maximum absolute atomic E-state index is 12.8. The minimum atomic E-state index is -3.46. The first-order chi connectivity index (χ1) is 12.8. The Balaban J connectivity index is 2.27. The van der Waals surface area contributed by atoms with E-state index in [-0.39, 0.29) is 17.2 Å². The normalized spacial score (nSPS) is 11.4. The van der Waals surface area contributed by atoms with Gasteiger partial charge in [0.25, 0.3) is 0 Å². The smallest absolute Gasteiger partial charge is 0.228 e. The van der Waals surface area contributed by atoms with Crippen LogP contribution in [0, 0.1) is 0 Å². The Bertz CT molecular complexity index is 891. The molecule has 0 saturated heterocycles. The van der Waals surface area contributed by atoms with Crippen LogP contribution in [0.25, 0.3) is 0 Å². The molecule has 2 rings (SSSR count). The molecule has 146 valence electrons. The van der Waals surface area contributed by atoms with E-state index in [9.17, 15) is 13.2 Å². The van der Waals surface area contributed by atoms with E-state index in [4.69, 9.17) is 4.74 Å². The molecule has 1 amide bonds. The number of halogens is 1. The fraction of sp³-hybridized carbons (Fsp3) is 0.350. The maximum Gasteiger partial charge on any atom is 0.228 e. The standard InChI is InChI=1S/C20H24BrNO4S/c1-4-16(5-2)27(24,25)17-10-11-19(26-3)18(13-17)22-20(23)12-14-6-8-15(21)9-7-14/h6-11,13,16H,4-5,12H2,1-3H3,(H,22,23). The van der Waals surface area contributed by atoms with Crippen LogP contribution >= 0.6 is 15.9 Å². The summed E-state index contributed by atoms with van der Waals surface area (Å²) in [5.41, 5.74) is 1.21. The van der Waals surface area contributed by atoms with Crippen molar-refractivity contribution < 1.29 is 17.9 Å². The van der Waals surface area contributed by atoms with Crippen LogP contribution in [-0.4, -0.2) is 26.7 Å². The van der Waals surface area contributed by atoms with E-state index in [0.717, 1.165) is 10.0 Å². The van der Waals surface area contributed by atoms with E-state index >= 15 is 0 Å². The van der Waals surface area contributed by atoms with E-state index < -0.39 is 15.1 Å². The highest BCUT2D eigenvalue weighted by atomic mass is 79.9. The number of sulfone groups is 1. The minimum absolute atomic E-state index is 0.181. The van der Waals surface area contributed by atoms with Crippen molar-refractivity contribution in [3.8, 4) is 5.75 Å². The Hall–Kier alpha value is -1.86. The van der Waals surface area contributed by atoms with Crippen molar-refractivity contribution in [1.29, 1.82) is 0 Å². The van der Waals surface area contributed by atoms with Gasteiger partial charge in [-0.2, -0.15) is 0 Å². The molecule has 2 aromatic rings. The van der Waals surface area contributed by atoms with Gasteiger partial charge < -0.3 is 10.1 Å². The molecule has 0 heterocycles. The first kappa shape index (κ1) is 21.4. The molecule has 0 bridgehead atoms. The second kappa shape index (κ2) is 9.37. The van der Waals surface area contributed by atoms with Crippen LogP contribution in [-0.2, 0) is 21.1 Å². The number of anilines is 1. The first-order valence-corrected chi connectivity index (χ1v) is 11.1. The highest BCUT2D eigenvalue weighted by Crippen LogP contribution is 2.30. The van der Waals surface area contributed by atoms with Crippen LogP contribution < -0.4 is 10.1 Å². The molecular weight excluding hydrogens is 430 g/mol. The van der Waals surface area contributed by atoms with Crippen molar-refractivity contribution in [3.05, 3.63) is 52.5 Å². The summed E-state index contributed by atoms with van der Waals surface area (Å²) in [5.74, 6) is 0.176. The predicted octanol–water partition coefficient (Wildman–Crippen LogP) is 4.60. The quantitative estimate of drug-likeness (QED) is 0.633. The summed E-state index contributed by atoms with van der Waals surface area (Å²) in [6.45, 7) is 3.71. The predicted molar refractivity (Wildman–Crippen MR) is 111 cm³/mol. The van der Waals surface area contributed by atoms with Crippen LogP contribution in [0.1, 0.15) is 32.3 Å². The number of ether oxygens (including phenoxy) is 1. The number of methoxy groups -OCH3 is 1. The molecule has 27 heavy (non-hydrogen) atoms. The molecule has 0 unspecified atom stereocenters. The van der Waals surface area contributed by atoms with Gasteiger partial charge in [-0.3, -0.25) is 4.79 Å². The second-order valence-corrected chi connectivity index (χ2v) is 9.34. The van der Waals surface area contributed by atoms with Gasteiger partial charge in [0.1, 0.15) is 5.75 Å². The van der Waals surface area contributed by atoms with E-state index in [2.05, 4.69) is 21.2 Å². The number of carbonyl (C=O) groups excluding carboxylic acids is 1. The number of carbonyl (C=O) groups is 1. The van der Waals surface area contributed by atoms with E-state index in [1.807, 2.05) is 38.1 Å². The number of rotatable bonds is 8. The van der Waals surface area contributed by atoms with Crippen LogP contribution in [0.5, 0.6) is 5.75 Å². The summed E-state index contributed by atoms with van der Waals surface area (Å²) < 4.78 is 31.8. The Morgan fingerprint density at radius 1 is 1.11 bits per heavy atom. The molecular formula is C20H24BrNO4S. The van der Waals surface area contributed by atoms with Gasteiger partial charge in [0.15, 0.2) is 9.84 Å². The minimum Gasteiger partial charge on any atom is -0.495 e. The molecule has 0 spiro atoms. The van der Waals surface area contributed by atoms with Gasteiger partial charge in [-0.05, 0) is 48.7 Å². The highest BCUT2D eigenvalue weighted by molar-refractivity contribution is 9.10.